The Kier molecular flexibility index (Phi) is 5.05. The molecule has 0 spiro atoms. The number of nitrogens with zero attached hydrogens (tertiary/aromatic N) is 3. The van der Waals surface area contributed by atoms with E-state index < -0.39 is 10.8 Å². The lowest BCUT2D eigenvalue weighted by molar-refractivity contribution is -0.384. The molecule has 0 radical (unpaired) electrons. The number of thiophene rings is 1. The lowest BCUT2D eigenvalue weighted by Crippen LogP contribution is -2.14. The number of anilines is 1. The molecule has 3 rings (SSSR count). The van der Waals surface area contributed by atoms with Crippen molar-refractivity contribution in [1.29, 1.82) is 0 Å². The summed E-state index contributed by atoms with van der Waals surface area (Å²) in [6, 6.07) is 3.46. The number of nitro groups is 1. The molecule has 0 fully saturated rings. The molecule has 26 heavy (non-hydrogen) atoms. The normalized spacial score (nSPS) is 10.8. The Morgan fingerprint density at radius 3 is 2.88 bits per heavy atom. The van der Waals surface area contributed by atoms with E-state index in [-0.39, 0.29) is 22.9 Å². The first-order valence-corrected chi connectivity index (χ1v) is 9.27. The minimum Gasteiger partial charge on any atom is -0.506 e. The van der Waals surface area contributed by atoms with Crippen LogP contribution in [0.3, 0.4) is 0 Å². The molecule has 3 aromatic rings. The highest BCUT2D eigenvalue weighted by Crippen LogP contribution is 2.34. The zero-order valence-corrected chi connectivity index (χ0v) is 15.5. The van der Waals surface area contributed by atoms with Gasteiger partial charge in [0.1, 0.15) is 21.9 Å². The number of hydrogen-bond donors (Lipinski definition) is 2. The molecule has 0 aliphatic heterocycles. The van der Waals surface area contributed by atoms with E-state index in [4.69, 9.17) is 0 Å². The molecule has 0 unspecified atom stereocenters. The number of thioether (sulfide) groups is 1. The molecule has 0 aliphatic carbocycles. The Morgan fingerprint density at radius 1 is 1.38 bits per heavy atom. The van der Waals surface area contributed by atoms with Gasteiger partial charge in [-0.05, 0) is 25.5 Å². The van der Waals surface area contributed by atoms with Crippen molar-refractivity contribution < 1.29 is 14.8 Å². The third kappa shape index (κ3) is 3.60. The molecule has 0 bridgehead atoms. The summed E-state index contributed by atoms with van der Waals surface area (Å²) in [6.07, 6.45) is 1.46. The lowest BCUT2D eigenvalue weighted by Gasteiger charge is -2.07. The van der Waals surface area contributed by atoms with Gasteiger partial charge in [0.15, 0.2) is 0 Å². The lowest BCUT2D eigenvalue weighted by atomic mass is 10.2. The van der Waals surface area contributed by atoms with Gasteiger partial charge in [0, 0.05) is 22.4 Å². The summed E-state index contributed by atoms with van der Waals surface area (Å²) in [7, 11) is 0. The van der Waals surface area contributed by atoms with Crippen molar-refractivity contribution in [3.63, 3.8) is 0 Å². The van der Waals surface area contributed by atoms with Crippen molar-refractivity contribution in [2.24, 2.45) is 0 Å². The van der Waals surface area contributed by atoms with Crippen LogP contribution in [0.1, 0.15) is 10.4 Å². The molecule has 1 amide bonds. The van der Waals surface area contributed by atoms with Gasteiger partial charge in [0.2, 0.25) is 5.91 Å². The van der Waals surface area contributed by atoms with Crippen LogP contribution in [-0.2, 0) is 4.79 Å². The Morgan fingerprint density at radius 2 is 2.15 bits per heavy atom. The van der Waals surface area contributed by atoms with Crippen LogP contribution in [-0.4, -0.2) is 31.7 Å². The van der Waals surface area contributed by atoms with Crippen molar-refractivity contribution in [2.75, 3.05) is 11.1 Å². The van der Waals surface area contributed by atoms with Crippen LogP contribution in [0.15, 0.2) is 29.6 Å². The topological polar surface area (TPSA) is 118 Å². The summed E-state index contributed by atoms with van der Waals surface area (Å²) in [6.45, 7) is 4.00. The number of benzene rings is 1. The number of nitrogens with one attached hydrogen (secondary N) is 1. The maximum Gasteiger partial charge on any atom is 0.271 e. The van der Waals surface area contributed by atoms with Crippen LogP contribution in [0, 0.1) is 24.0 Å². The molecular weight excluding hydrogens is 376 g/mol. The molecule has 134 valence electrons. The fourth-order valence-corrected chi connectivity index (χ4v) is 4.23. The van der Waals surface area contributed by atoms with Crippen molar-refractivity contribution in [3.8, 4) is 5.75 Å². The highest BCUT2D eigenvalue weighted by atomic mass is 32.2. The first-order valence-electron chi connectivity index (χ1n) is 7.47. The molecule has 2 aromatic heterocycles. The summed E-state index contributed by atoms with van der Waals surface area (Å²) < 4.78 is 0. The van der Waals surface area contributed by atoms with Gasteiger partial charge in [-0.15, -0.1) is 11.3 Å². The van der Waals surface area contributed by atoms with Gasteiger partial charge in [-0.25, -0.2) is 9.97 Å². The highest BCUT2D eigenvalue weighted by Gasteiger charge is 2.16. The number of amides is 1. The van der Waals surface area contributed by atoms with Crippen LogP contribution >= 0.6 is 23.1 Å². The van der Waals surface area contributed by atoms with E-state index in [1.54, 1.807) is 11.3 Å². The summed E-state index contributed by atoms with van der Waals surface area (Å²) in [5.41, 5.74) is 0.873. The Bertz CT molecular complexity index is 1020. The molecule has 0 atom stereocenters. The zero-order chi connectivity index (χ0) is 18.8. The van der Waals surface area contributed by atoms with E-state index in [2.05, 4.69) is 15.3 Å². The Labute approximate surface area is 156 Å². The molecule has 1 aromatic carbocycles. The summed E-state index contributed by atoms with van der Waals surface area (Å²) >= 11 is 2.82. The number of aryl methyl sites for hydroxylation is 2. The number of rotatable bonds is 5. The minimum absolute atomic E-state index is 0.000179. The fraction of sp³-hybridized carbons (Fsp3) is 0.188. The Balaban J connectivity index is 1.74. The first kappa shape index (κ1) is 18.1. The third-order valence-corrected chi connectivity index (χ3v) is 5.84. The number of carbonyl (C=O) groups is 1. The third-order valence-electron chi connectivity index (χ3n) is 3.74. The summed E-state index contributed by atoms with van der Waals surface area (Å²) in [4.78, 5) is 32.9. The fourth-order valence-electron chi connectivity index (χ4n) is 2.32. The number of hydrogen-bond acceptors (Lipinski definition) is 8. The largest absolute Gasteiger partial charge is 0.506 e. The highest BCUT2D eigenvalue weighted by molar-refractivity contribution is 8.00. The quantitative estimate of drug-likeness (QED) is 0.224. The molecule has 2 N–H and O–H groups in total. The second kappa shape index (κ2) is 7.26. The number of carbonyl (C=O) groups excluding carboxylic acids is 1. The van der Waals surface area contributed by atoms with Gasteiger partial charge < -0.3 is 10.4 Å². The van der Waals surface area contributed by atoms with Gasteiger partial charge in [-0.3, -0.25) is 14.9 Å². The van der Waals surface area contributed by atoms with Crippen LogP contribution in [0.2, 0.25) is 0 Å². The van der Waals surface area contributed by atoms with Crippen LogP contribution in [0.5, 0.6) is 5.75 Å². The van der Waals surface area contributed by atoms with Crippen LogP contribution in [0.25, 0.3) is 10.2 Å². The molecule has 0 saturated heterocycles. The number of fused-ring (bicyclic) bond motifs is 1. The first-order chi connectivity index (χ1) is 12.4. The van der Waals surface area contributed by atoms with E-state index in [9.17, 15) is 20.0 Å². The van der Waals surface area contributed by atoms with Crippen LogP contribution in [0.4, 0.5) is 11.4 Å². The monoisotopic (exact) mass is 390 g/mol. The second-order valence-electron chi connectivity index (χ2n) is 5.44. The molecular formula is C16H14N4O4S2. The predicted octanol–water partition coefficient (Wildman–Crippen LogP) is 3.65. The van der Waals surface area contributed by atoms with Gasteiger partial charge in [0.25, 0.3) is 5.69 Å². The van der Waals surface area contributed by atoms with Gasteiger partial charge >= 0.3 is 0 Å². The molecule has 0 aliphatic rings. The van der Waals surface area contributed by atoms with Crippen molar-refractivity contribution in [1.82, 2.24) is 9.97 Å². The molecule has 10 heteroatoms. The van der Waals surface area contributed by atoms with E-state index >= 15 is 0 Å². The summed E-state index contributed by atoms with van der Waals surface area (Å²) in [5.74, 6) is -0.590. The standard InChI is InChI=1S/C16H14N4O4S2/c1-8-9(2)26-16-14(8)15(17-7-18-16)25-6-13(22)19-11-5-10(20(23)24)3-4-12(11)21/h3-5,7,21H,6H2,1-2H3,(H,19,22). The van der Waals surface area contributed by atoms with Crippen molar-refractivity contribution in [3.05, 3.63) is 45.1 Å². The van der Waals surface area contributed by atoms with E-state index in [1.165, 1.54) is 30.2 Å². The van der Waals surface area contributed by atoms with Crippen molar-refractivity contribution in [2.45, 2.75) is 18.9 Å². The number of nitro benzene ring substituents is 1. The molecule has 0 saturated carbocycles. The molecule has 8 nitrogen and oxygen atoms in total. The van der Waals surface area contributed by atoms with E-state index in [1.807, 2.05) is 13.8 Å². The van der Waals surface area contributed by atoms with E-state index in [0.717, 1.165) is 26.7 Å². The average molecular weight is 390 g/mol. The van der Waals surface area contributed by atoms with E-state index in [0.29, 0.717) is 5.03 Å². The number of phenols is 1. The number of non-ortho nitro benzene ring substituents is 1. The SMILES string of the molecule is Cc1sc2ncnc(SCC(=O)Nc3cc([N+](=O)[O-])ccc3O)c2c1C. The maximum absolute atomic E-state index is 12.2. The summed E-state index contributed by atoms with van der Waals surface area (Å²) in [5, 5.41) is 24.7. The predicted molar refractivity (Wildman–Crippen MR) is 101 cm³/mol. The zero-order valence-electron chi connectivity index (χ0n) is 13.8. The maximum atomic E-state index is 12.2. The van der Waals surface area contributed by atoms with Gasteiger partial charge in [0.05, 0.1) is 16.4 Å². The number of phenolic OH excluding ortho intramolecular Hbond substituents is 1. The smallest absolute Gasteiger partial charge is 0.271 e. The second-order valence-corrected chi connectivity index (χ2v) is 7.60. The van der Waals surface area contributed by atoms with Crippen LogP contribution < -0.4 is 5.32 Å². The molecule has 2 heterocycles. The number of aromatic hydroxyl groups is 1. The van der Waals surface area contributed by atoms with Crippen molar-refractivity contribution >= 4 is 50.6 Å². The van der Waals surface area contributed by atoms with Gasteiger partial charge in [-0.1, -0.05) is 11.8 Å². The average Bonchev–Trinajstić information content (AvgIpc) is 2.89. The Hall–Kier alpha value is -2.72. The minimum atomic E-state index is -0.594. The number of aromatic nitrogens is 2. The van der Waals surface area contributed by atoms with Gasteiger partial charge in [-0.2, -0.15) is 0 Å².